The molecule has 0 saturated heterocycles. The number of carbonyl (C=O) groups excluding carboxylic acids is 1. The fourth-order valence-electron chi connectivity index (χ4n) is 2.13. The van der Waals surface area contributed by atoms with Crippen molar-refractivity contribution in [3.05, 3.63) is 53.5 Å². The summed E-state index contributed by atoms with van der Waals surface area (Å²) >= 11 is 0. The van der Waals surface area contributed by atoms with Crippen LogP contribution >= 0.6 is 0 Å². The average molecular weight is 273 g/mol. The molecule has 0 fully saturated rings. The van der Waals surface area contributed by atoms with E-state index in [2.05, 4.69) is 36.3 Å². The number of hydrogen-bond acceptors (Lipinski definition) is 4. The third kappa shape index (κ3) is 3.00. The summed E-state index contributed by atoms with van der Waals surface area (Å²) in [5.74, 6) is 5.62. The quantitative estimate of drug-likeness (QED) is 0.498. The van der Waals surface area contributed by atoms with Crippen LogP contribution in [0.15, 0.2) is 40.8 Å². The molecule has 3 N–H and O–H groups in total. The highest BCUT2D eigenvalue weighted by Crippen LogP contribution is 2.22. The van der Waals surface area contributed by atoms with E-state index >= 15 is 0 Å². The Balaban J connectivity index is 2.17. The average Bonchev–Trinajstić information content (AvgIpc) is 2.93. The maximum absolute atomic E-state index is 11.4. The second-order valence-electron chi connectivity index (χ2n) is 4.54. The zero-order valence-corrected chi connectivity index (χ0v) is 11.7. The molecule has 0 atom stereocenters. The lowest BCUT2D eigenvalue weighted by Gasteiger charge is -2.23. The highest BCUT2D eigenvalue weighted by atomic mass is 16.4. The van der Waals surface area contributed by atoms with Gasteiger partial charge in [0, 0.05) is 12.2 Å². The van der Waals surface area contributed by atoms with Crippen LogP contribution in [0.5, 0.6) is 0 Å². The lowest BCUT2D eigenvalue weighted by Crippen LogP contribution is -2.29. The lowest BCUT2D eigenvalue weighted by molar-refractivity contribution is 0.0924. The number of rotatable bonds is 5. The molecular weight excluding hydrogens is 254 g/mol. The maximum atomic E-state index is 11.4. The number of amides is 1. The summed E-state index contributed by atoms with van der Waals surface area (Å²) in [7, 11) is 0. The minimum Gasteiger partial charge on any atom is -0.454 e. The monoisotopic (exact) mass is 273 g/mol. The van der Waals surface area contributed by atoms with Crippen LogP contribution in [0.2, 0.25) is 0 Å². The first-order valence-electron chi connectivity index (χ1n) is 6.56. The molecule has 1 amide bonds. The van der Waals surface area contributed by atoms with E-state index in [4.69, 9.17) is 10.3 Å². The minimum atomic E-state index is -0.421. The topological polar surface area (TPSA) is 71.5 Å². The number of carbonyl (C=O) groups is 1. The highest BCUT2D eigenvalue weighted by Gasteiger charge is 2.13. The van der Waals surface area contributed by atoms with Gasteiger partial charge in [0.2, 0.25) is 0 Å². The number of benzene rings is 1. The van der Waals surface area contributed by atoms with Crippen molar-refractivity contribution in [1.82, 2.24) is 5.43 Å². The first-order chi connectivity index (χ1) is 9.65. The van der Waals surface area contributed by atoms with Crippen molar-refractivity contribution < 1.29 is 9.21 Å². The first-order valence-corrected chi connectivity index (χ1v) is 6.56. The molecule has 0 aliphatic rings. The molecule has 0 unspecified atom stereocenters. The molecule has 0 saturated carbocycles. The Labute approximate surface area is 118 Å². The molecule has 2 aromatic rings. The van der Waals surface area contributed by atoms with Crippen LogP contribution in [-0.2, 0) is 6.54 Å². The van der Waals surface area contributed by atoms with Gasteiger partial charge in [0.15, 0.2) is 5.76 Å². The number of hydrogen-bond donors (Lipinski definition) is 2. The maximum Gasteiger partial charge on any atom is 0.300 e. The Morgan fingerprint density at radius 2 is 2.05 bits per heavy atom. The second-order valence-corrected chi connectivity index (χ2v) is 4.54. The Morgan fingerprint density at radius 1 is 1.30 bits per heavy atom. The molecule has 0 bridgehead atoms. The van der Waals surface area contributed by atoms with Crippen molar-refractivity contribution in [2.24, 2.45) is 5.84 Å². The number of para-hydroxylation sites is 1. The van der Waals surface area contributed by atoms with Gasteiger partial charge in [-0.15, -0.1) is 0 Å². The molecule has 1 aromatic carbocycles. The van der Waals surface area contributed by atoms with E-state index in [0.717, 1.165) is 18.0 Å². The predicted molar refractivity (Wildman–Crippen MR) is 78.3 cm³/mol. The van der Waals surface area contributed by atoms with Crippen LogP contribution in [-0.4, -0.2) is 12.5 Å². The van der Waals surface area contributed by atoms with Gasteiger partial charge in [-0.3, -0.25) is 10.2 Å². The molecule has 5 heteroatoms. The van der Waals surface area contributed by atoms with Crippen molar-refractivity contribution in [3.8, 4) is 0 Å². The van der Waals surface area contributed by atoms with Crippen molar-refractivity contribution in [2.75, 3.05) is 11.4 Å². The normalized spacial score (nSPS) is 10.3. The predicted octanol–water partition coefficient (Wildman–Crippen LogP) is 2.22. The number of nitrogens with zero attached hydrogens (tertiary/aromatic N) is 1. The number of furan rings is 1. The fraction of sp³-hybridized carbons (Fsp3) is 0.267. The van der Waals surface area contributed by atoms with E-state index in [1.54, 1.807) is 12.1 Å². The Bertz CT molecular complexity index is 592. The van der Waals surface area contributed by atoms with Gasteiger partial charge in [-0.1, -0.05) is 18.2 Å². The number of hydrazine groups is 1. The van der Waals surface area contributed by atoms with Gasteiger partial charge in [-0.25, -0.2) is 5.84 Å². The fourth-order valence-corrected chi connectivity index (χ4v) is 2.13. The molecule has 0 radical (unpaired) electrons. The Morgan fingerprint density at radius 3 is 2.70 bits per heavy atom. The van der Waals surface area contributed by atoms with Crippen LogP contribution < -0.4 is 16.2 Å². The SMILES string of the molecule is CCN(Cc1ccc(C(=O)NN)o1)c1ccccc1C. The van der Waals surface area contributed by atoms with Gasteiger partial charge >= 0.3 is 5.91 Å². The molecule has 1 heterocycles. The minimum absolute atomic E-state index is 0.225. The second kappa shape index (κ2) is 6.25. The number of aryl methyl sites for hydroxylation is 1. The smallest absolute Gasteiger partial charge is 0.300 e. The summed E-state index contributed by atoms with van der Waals surface area (Å²) in [5, 5.41) is 0. The van der Waals surface area contributed by atoms with Gasteiger partial charge in [-0.2, -0.15) is 0 Å². The zero-order chi connectivity index (χ0) is 14.5. The van der Waals surface area contributed by atoms with Crippen LogP contribution in [0.4, 0.5) is 5.69 Å². The summed E-state index contributed by atoms with van der Waals surface area (Å²) < 4.78 is 5.50. The third-order valence-electron chi connectivity index (χ3n) is 3.20. The molecule has 106 valence electrons. The van der Waals surface area contributed by atoms with Gasteiger partial charge < -0.3 is 9.32 Å². The zero-order valence-electron chi connectivity index (χ0n) is 11.7. The number of nitrogens with one attached hydrogen (secondary N) is 1. The number of anilines is 1. The highest BCUT2D eigenvalue weighted by molar-refractivity contribution is 5.90. The van der Waals surface area contributed by atoms with Gasteiger partial charge in [-0.05, 0) is 37.6 Å². The standard InChI is InChI=1S/C15H19N3O2/c1-3-18(13-7-5-4-6-11(13)2)10-12-8-9-14(20-12)15(19)17-16/h4-9H,3,10,16H2,1-2H3,(H,17,19). The molecule has 0 aliphatic carbocycles. The molecule has 0 aliphatic heterocycles. The van der Waals surface area contributed by atoms with Crippen molar-refractivity contribution in [2.45, 2.75) is 20.4 Å². The van der Waals surface area contributed by atoms with Crippen molar-refractivity contribution >= 4 is 11.6 Å². The van der Waals surface area contributed by atoms with Crippen molar-refractivity contribution in [1.29, 1.82) is 0 Å². The van der Waals surface area contributed by atoms with E-state index in [1.807, 2.05) is 12.1 Å². The molecule has 5 nitrogen and oxygen atoms in total. The van der Waals surface area contributed by atoms with E-state index in [-0.39, 0.29) is 5.76 Å². The van der Waals surface area contributed by atoms with Crippen LogP contribution in [0, 0.1) is 6.92 Å². The van der Waals surface area contributed by atoms with Crippen LogP contribution in [0.1, 0.15) is 28.8 Å². The molecule has 0 spiro atoms. The van der Waals surface area contributed by atoms with Gasteiger partial charge in [0.25, 0.3) is 0 Å². The van der Waals surface area contributed by atoms with Crippen molar-refractivity contribution in [3.63, 3.8) is 0 Å². The van der Waals surface area contributed by atoms with E-state index in [9.17, 15) is 4.79 Å². The number of nitrogens with two attached hydrogens (primary N) is 1. The molecular formula is C15H19N3O2. The summed E-state index contributed by atoms with van der Waals surface area (Å²) in [6, 6.07) is 11.6. The summed E-state index contributed by atoms with van der Waals surface area (Å²) in [6.07, 6.45) is 0. The first kappa shape index (κ1) is 14.1. The van der Waals surface area contributed by atoms with Crippen LogP contribution in [0.25, 0.3) is 0 Å². The third-order valence-corrected chi connectivity index (χ3v) is 3.20. The Kier molecular flexibility index (Phi) is 4.42. The lowest BCUT2D eigenvalue weighted by atomic mass is 10.2. The molecule has 1 aromatic heterocycles. The van der Waals surface area contributed by atoms with E-state index < -0.39 is 5.91 Å². The van der Waals surface area contributed by atoms with E-state index in [1.165, 1.54) is 5.56 Å². The Hall–Kier alpha value is -2.27. The van der Waals surface area contributed by atoms with Gasteiger partial charge in [0.05, 0.1) is 6.54 Å². The molecule has 2 rings (SSSR count). The summed E-state index contributed by atoms with van der Waals surface area (Å²) in [6.45, 7) is 5.62. The van der Waals surface area contributed by atoms with E-state index in [0.29, 0.717) is 6.54 Å². The number of nitrogen functional groups attached to an aromatic ring is 1. The molecule has 20 heavy (non-hydrogen) atoms. The summed E-state index contributed by atoms with van der Waals surface area (Å²) in [4.78, 5) is 13.6. The summed E-state index contributed by atoms with van der Waals surface area (Å²) in [5.41, 5.74) is 4.43. The van der Waals surface area contributed by atoms with Gasteiger partial charge in [0.1, 0.15) is 5.76 Å². The van der Waals surface area contributed by atoms with Crippen LogP contribution in [0.3, 0.4) is 0 Å². The largest absolute Gasteiger partial charge is 0.454 e.